The lowest BCUT2D eigenvalue weighted by Gasteiger charge is -2.28. The Bertz CT molecular complexity index is 1730. The summed E-state index contributed by atoms with van der Waals surface area (Å²) in [6.45, 7) is 2.54. The summed E-state index contributed by atoms with van der Waals surface area (Å²) in [5.74, 6) is -11.5. The third kappa shape index (κ3) is 7.24. The number of hydrogen-bond acceptors (Lipinski definition) is 2. The van der Waals surface area contributed by atoms with Crippen LogP contribution in [0.15, 0.2) is 60.7 Å². The van der Waals surface area contributed by atoms with Crippen LogP contribution in [0.1, 0.15) is 55.2 Å². The van der Waals surface area contributed by atoms with Crippen molar-refractivity contribution >= 4 is 0 Å². The third-order valence-corrected chi connectivity index (χ3v) is 8.01. The molecule has 13 heteroatoms. The predicted molar refractivity (Wildman–Crippen MR) is 150 cm³/mol. The van der Waals surface area contributed by atoms with E-state index in [2.05, 4.69) is 4.74 Å². The molecule has 1 saturated carbocycles. The number of halogens is 11. The Hall–Kier alpha value is -4.13. The molecular weight excluding hydrogens is 649 g/mol. The van der Waals surface area contributed by atoms with E-state index in [0.717, 1.165) is 43.4 Å². The highest BCUT2D eigenvalue weighted by atomic mass is 19.4. The summed E-state index contributed by atoms with van der Waals surface area (Å²) < 4.78 is 165. The van der Waals surface area contributed by atoms with Crippen LogP contribution in [0.4, 0.5) is 48.3 Å². The van der Waals surface area contributed by atoms with Gasteiger partial charge in [0.1, 0.15) is 51.8 Å². The summed E-state index contributed by atoms with van der Waals surface area (Å²) in [5.41, 5.74) is -4.44. The molecular formula is C34H25F11O2. The highest BCUT2D eigenvalue weighted by molar-refractivity contribution is 5.72. The SMILES string of the molecule is CCOC1CCC(c2ccc(-c3ccc(-c4cc(F)c(C(F)(F)Oc5cc(F)c(C(F)(F)F)c(F)c5)c(F)c4)c(F)c3)c(F)c2)CC1. The zero-order valence-corrected chi connectivity index (χ0v) is 24.4. The molecule has 4 aromatic carbocycles. The van der Waals surface area contributed by atoms with Crippen molar-refractivity contribution in [3.8, 4) is 28.0 Å². The minimum absolute atomic E-state index is 0.0582. The number of alkyl halides is 5. The van der Waals surface area contributed by atoms with Crippen molar-refractivity contribution < 1.29 is 57.8 Å². The van der Waals surface area contributed by atoms with Crippen LogP contribution >= 0.6 is 0 Å². The van der Waals surface area contributed by atoms with Crippen molar-refractivity contribution in [2.45, 2.75) is 56.9 Å². The van der Waals surface area contributed by atoms with E-state index in [-0.39, 0.29) is 35.3 Å². The predicted octanol–water partition coefficient (Wildman–Crippen LogP) is 11.1. The fourth-order valence-electron chi connectivity index (χ4n) is 5.82. The van der Waals surface area contributed by atoms with Gasteiger partial charge >= 0.3 is 12.3 Å². The van der Waals surface area contributed by atoms with E-state index in [9.17, 15) is 39.5 Å². The Morgan fingerprint density at radius 1 is 0.596 bits per heavy atom. The molecule has 5 rings (SSSR count). The van der Waals surface area contributed by atoms with Gasteiger partial charge in [0.05, 0.1) is 6.10 Å². The van der Waals surface area contributed by atoms with Crippen molar-refractivity contribution in [1.29, 1.82) is 0 Å². The van der Waals surface area contributed by atoms with Crippen LogP contribution in [0, 0.1) is 34.9 Å². The molecule has 1 aliphatic carbocycles. The first kappa shape index (κ1) is 34.2. The van der Waals surface area contributed by atoms with Gasteiger partial charge in [-0.3, -0.25) is 0 Å². The van der Waals surface area contributed by atoms with Crippen molar-refractivity contribution in [2.24, 2.45) is 0 Å². The van der Waals surface area contributed by atoms with Gasteiger partial charge in [-0.2, -0.15) is 22.0 Å². The van der Waals surface area contributed by atoms with Crippen molar-refractivity contribution in [3.05, 3.63) is 112 Å². The van der Waals surface area contributed by atoms with Gasteiger partial charge in [-0.15, -0.1) is 0 Å². The second kappa shape index (κ2) is 13.2. The van der Waals surface area contributed by atoms with Gasteiger partial charge in [-0.25, -0.2) is 26.3 Å². The average molecular weight is 675 g/mol. The van der Waals surface area contributed by atoms with Gasteiger partial charge < -0.3 is 9.47 Å². The Morgan fingerprint density at radius 3 is 1.64 bits per heavy atom. The quantitative estimate of drug-likeness (QED) is 0.173. The second-order valence-corrected chi connectivity index (χ2v) is 11.1. The zero-order chi connectivity index (χ0) is 34.3. The van der Waals surface area contributed by atoms with Crippen LogP contribution in [0.2, 0.25) is 0 Å². The fourth-order valence-corrected chi connectivity index (χ4v) is 5.82. The Labute approximate surface area is 261 Å². The van der Waals surface area contributed by atoms with Crippen LogP contribution in [0.25, 0.3) is 22.3 Å². The van der Waals surface area contributed by atoms with Crippen molar-refractivity contribution in [2.75, 3.05) is 6.61 Å². The normalized spacial score (nSPS) is 17.2. The molecule has 47 heavy (non-hydrogen) atoms. The summed E-state index contributed by atoms with van der Waals surface area (Å²) in [5, 5.41) is 0. The zero-order valence-electron chi connectivity index (χ0n) is 24.4. The highest BCUT2D eigenvalue weighted by Crippen LogP contribution is 2.41. The number of benzene rings is 4. The maximum Gasteiger partial charge on any atom is 0.432 e. The van der Waals surface area contributed by atoms with E-state index in [1.54, 1.807) is 6.07 Å². The largest absolute Gasteiger partial charge is 0.432 e. The highest BCUT2D eigenvalue weighted by Gasteiger charge is 2.43. The van der Waals surface area contributed by atoms with E-state index >= 15 is 8.78 Å². The minimum atomic E-state index is -5.50. The van der Waals surface area contributed by atoms with Crippen LogP contribution in [0.3, 0.4) is 0 Å². The standard InChI is InChI=1S/C34H25F11O2/c1-2-46-21-7-3-17(4-8-21)18-5-9-23(25(35)11-18)19-6-10-24(26(36)12-19)20-13-27(37)32(28(38)14-20)34(44,45)47-22-15-29(39)31(30(40)16-22)33(41,42)43/h5-6,9-17,21H,2-4,7-8H2,1H3. The minimum Gasteiger partial charge on any atom is -0.429 e. The molecule has 0 saturated heterocycles. The molecule has 0 aliphatic heterocycles. The fraction of sp³-hybridized carbons (Fsp3) is 0.294. The molecule has 0 bridgehead atoms. The number of hydrogen-bond donors (Lipinski definition) is 0. The summed E-state index contributed by atoms with van der Waals surface area (Å²) in [6, 6.07) is 8.14. The molecule has 4 aromatic rings. The maximum absolute atomic E-state index is 15.2. The van der Waals surface area contributed by atoms with Crippen LogP contribution in [0.5, 0.6) is 5.75 Å². The Kier molecular flexibility index (Phi) is 9.59. The summed E-state index contributed by atoms with van der Waals surface area (Å²) in [7, 11) is 0. The van der Waals surface area contributed by atoms with E-state index < -0.39 is 75.2 Å². The monoisotopic (exact) mass is 674 g/mol. The average Bonchev–Trinajstić information content (AvgIpc) is 2.95. The maximum atomic E-state index is 15.2. The van der Waals surface area contributed by atoms with Gasteiger partial charge in [0, 0.05) is 29.9 Å². The van der Waals surface area contributed by atoms with Gasteiger partial charge in [-0.05, 0) is 79.5 Å². The molecule has 0 amide bonds. The molecule has 0 spiro atoms. The first-order valence-corrected chi connectivity index (χ1v) is 14.4. The van der Waals surface area contributed by atoms with Gasteiger partial charge in [0.25, 0.3) is 0 Å². The lowest BCUT2D eigenvalue weighted by molar-refractivity contribution is -0.189. The topological polar surface area (TPSA) is 18.5 Å². The third-order valence-electron chi connectivity index (χ3n) is 8.01. The number of ether oxygens (including phenoxy) is 2. The molecule has 0 heterocycles. The smallest absolute Gasteiger partial charge is 0.429 e. The van der Waals surface area contributed by atoms with Crippen LogP contribution in [-0.4, -0.2) is 12.7 Å². The summed E-state index contributed by atoms with van der Waals surface area (Å²) in [6.07, 6.45) is -6.96. The molecule has 2 nitrogen and oxygen atoms in total. The van der Waals surface area contributed by atoms with Gasteiger partial charge in [-0.1, -0.05) is 24.3 Å². The Balaban J connectivity index is 1.36. The van der Waals surface area contributed by atoms with Crippen molar-refractivity contribution in [1.82, 2.24) is 0 Å². The molecule has 0 atom stereocenters. The Morgan fingerprint density at radius 2 is 1.11 bits per heavy atom. The summed E-state index contributed by atoms with van der Waals surface area (Å²) >= 11 is 0. The van der Waals surface area contributed by atoms with Crippen molar-refractivity contribution in [3.63, 3.8) is 0 Å². The lowest BCUT2D eigenvalue weighted by atomic mass is 9.82. The summed E-state index contributed by atoms with van der Waals surface area (Å²) in [4.78, 5) is 0. The van der Waals surface area contributed by atoms with E-state index in [1.165, 1.54) is 18.2 Å². The van der Waals surface area contributed by atoms with E-state index in [1.807, 2.05) is 6.92 Å². The molecule has 1 fully saturated rings. The number of rotatable bonds is 8. The van der Waals surface area contributed by atoms with Crippen LogP contribution < -0.4 is 4.74 Å². The van der Waals surface area contributed by atoms with Gasteiger partial charge in [0.2, 0.25) is 0 Å². The molecule has 0 radical (unpaired) electrons. The molecule has 0 unspecified atom stereocenters. The second-order valence-electron chi connectivity index (χ2n) is 11.1. The molecule has 1 aliphatic rings. The van der Waals surface area contributed by atoms with E-state index in [0.29, 0.717) is 18.7 Å². The first-order chi connectivity index (χ1) is 22.1. The van der Waals surface area contributed by atoms with Gasteiger partial charge in [0.15, 0.2) is 0 Å². The van der Waals surface area contributed by atoms with Crippen LogP contribution in [-0.2, 0) is 17.0 Å². The lowest BCUT2D eigenvalue weighted by Crippen LogP contribution is -2.25. The molecule has 0 N–H and O–H groups in total. The first-order valence-electron chi connectivity index (χ1n) is 14.4. The molecule has 0 aromatic heterocycles. The molecule has 250 valence electrons. The van der Waals surface area contributed by atoms with E-state index in [4.69, 9.17) is 4.74 Å².